The molecule has 5 nitrogen and oxygen atoms in total. The van der Waals surface area contributed by atoms with E-state index in [-0.39, 0.29) is 11.9 Å². The minimum atomic E-state index is -0.417. The summed E-state index contributed by atoms with van der Waals surface area (Å²) in [6.45, 7) is 1.33. The van der Waals surface area contributed by atoms with Gasteiger partial charge in [-0.1, -0.05) is 23.4 Å². The van der Waals surface area contributed by atoms with Gasteiger partial charge in [0.15, 0.2) is 0 Å². The van der Waals surface area contributed by atoms with E-state index in [2.05, 4.69) is 20.0 Å². The lowest BCUT2D eigenvalue weighted by Gasteiger charge is -2.21. The van der Waals surface area contributed by atoms with E-state index < -0.39 is 5.82 Å². The molecule has 4 rings (SSSR count). The van der Waals surface area contributed by atoms with Crippen LogP contribution in [0, 0.1) is 11.6 Å². The zero-order chi connectivity index (χ0) is 17.2. The maximum Gasteiger partial charge on any atom is 0.244 e. The third-order valence-corrected chi connectivity index (χ3v) is 4.38. The highest BCUT2D eigenvalue weighted by Crippen LogP contribution is 2.33. The summed E-state index contributed by atoms with van der Waals surface area (Å²) in [5, 5.41) is 3.95. The van der Waals surface area contributed by atoms with Crippen molar-refractivity contribution < 1.29 is 13.3 Å². The Labute approximate surface area is 143 Å². The van der Waals surface area contributed by atoms with Crippen molar-refractivity contribution >= 4 is 0 Å². The van der Waals surface area contributed by atoms with Crippen LogP contribution < -0.4 is 0 Å². The monoisotopic (exact) mass is 342 g/mol. The molecule has 1 saturated heterocycles. The van der Waals surface area contributed by atoms with Crippen molar-refractivity contribution in [3.05, 3.63) is 65.7 Å². The van der Waals surface area contributed by atoms with E-state index in [4.69, 9.17) is 4.52 Å². The second kappa shape index (κ2) is 6.68. The molecule has 7 heteroatoms. The number of nitrogens with zero attached hydrogens (tertiary/aromatic N) is 4. The van der Waals surface area contributed by atoms with Crippen LogP contribution >= 0.6 is 0 Å². The van der Waals surface area contributed by atoms with Gasteiger partial charge < -0.3 is 4.52 Å². The van der Waals surface area contributed by atoms with E-state index in [0.717, 1.165) is 25.6 Å². The topological polar surface area (TPSA) is 55.1 Å². The molecule has 1 aliphatic heterocycles. The average molecular weight is 342 g/mol. The molecule has 128 valence electrons. The zero-order valence-electron chi connectivity index (χ0n) is 13.4. The molecule has 0 amide bonds. The van der Waals surface area contributed by atoms with Gasteiger partial charge in [0.1, 0.15) is 17.3 Å². The highest BCUT2D eigenvalue weighted by atomic mass is 19.1. The van der Waals surface area contributed by atoms with E-state index in [1.54, 1.807) is 12.1 Å². The minimum absolute atomic E-state index is 0.0543. The quantitative estimate of drug-likeness (QED) is 0.723. The number of hydrogen-bond acceptors (Lipinski definition) is 5. The molecule has 0 N–H and O–H groups in total. The van der Waals surface area contributed by atoms with Crippen LogP contribution in [0.3, 0.4) is 0 Å². The Kier molecular flexibility index (Phi) is 4.23. The van der Waals surface area contributed by atoms with E-state index in [0.29, 0.717) is 29.5 Å². The molecule has 1 aromatic carbocycles. The molecule has 0 aliphatic carbocycles. The Morgan fingerprint density at radius 3 is 2.84 bits per heavy atom. The summed E-state index contributed by atoms with van der Waals surface area (Å²) in [5.41, 5.74) is 1.10. The summed E-state index contributed by atoms with van der Waals surface area (Å²) >= 11 is 0. The number of benzene rings is 1. The predicted octanol–water partition coefficient (Wildman–Crippen LogP) is 3.75. The van der Waals surface area contributed by atoms with Gasteiger partial charge in [0.05, 0.1) is 12.2 Å². The minimum Gasteiger partial charge on any atom is -0.337 e. The van der Waals surface area contributed by atoms with Crippen LogP contribution in [0.15, 0.2) is 47.1 Å². The van der Waals surface area contributed by atoms with E-state index in [1.165, 1.54) is 18.2 Å². The summed E-state index contributed by atoms with van der Waals surface area (Å²) in [6, 6.07) is 9.52. The zero-order valence-corrected chi connectivity index (χ0v) is 13.4. The summed E-state index contributed by atoms with van der Waals surface area (Å²) in [5.74, 6) is 0.178. The van der Waals surface area contributed by atoms with Crippen molar-refractivity contribution in [2.24, 2.45) is 0 Å². The molecule has 3 aromatic rings. The summed E-state index contributed by atoms with van der Waals surface area (Å²) in [4.78, 5) is 10.5. The summed E-state index contributed by atoms with van der Waals surface area (Å²) < 4.78 is 32.3. The lowest BCUT2D eigenvalue weighted by Crippen LogP contribution is -2.23. The van der Waals surface area contributed by atoms with Gasteiger partial charge in [-0.2, -0.15) is 4.98 Å². The number of rotatable bonds is 4. The Bertz CT molecular complexity index is 866. The largest absolute Gasteiger partial charge is 0.337 e. The Morgan fingerprint density at radius 2 is 2.04 bits per heavy atom. The van der Waals surface area contributed by atoms with E-state index in [9.17, 15) is 8.78 Å². The van der Waals surface area contributed by atoms with Gasteiger partial charge in [-0.15, -0.1) is 0 Å². The first kappa shape index (κ1) is 15.8. The Morgan fingerprint density at radius 1 is 1.16 bits per heavy atom. The fourth-order valence-electron chi connectivity index (χ4n) is 3.12. The first-order valence-electron chi connectivity index (χ1n) is 8.14. The number of halogens is 2. The summed E-state index contributed by atoms with van der Waals surface area (Å²) in [7, 11) is 0. The van der Waals surface area contributed by atoms with Gasteiger partial charge in [-0.25, -0.2) is 13.8 Å². The third kappa shape index (κ3) is 3.28. The Hall–Kier alpha value is -2.67. The van der Waals surface area contributed by atoms with Crippen LogP contribution in [0.4, 0.5) is 8.78 Å². The normalized spacial score (nSPS) is 17.9. The summed E-state index contributed by atoms with van der Waals surface area (Å²) in [6.07, 6.45) is 2.96. The first-order valence-corrected chi connectivity index (χ1v) is 8.14. The number of pyridine rings is 1. The SMILES string of the molecule is Fc1ccc(-c2noc([C@@H]3CCCN3Cc3ccccc3F)n2)nc1. The van der Waals surface area contributed by atoms with Gasteiger partial charge in [-0.05, 0) is 37.6 Å². The molecular weight excluding hydrogens is 326 g/mol. The van der Waals surface area contributed by atoms with Crippen molar-refractivity contribution in [3.8, 4) is 11.5 Å². The van der Waals surface area contributed by atoms with Gasteiger partial charge in [0.2, 0.25) is 11.7 Å². The van der Waals surface area contributed by atoms with Crippen molar-refractivity contribution in [3.63, 3.8) is 0 Å². The van der Waals surface area contributed by atoms with Crippen molar-refractivity contribution in [2.45, 2.75) is 25.4 Å². The average Bonchev–Trinajstić information content (AvgIpc) is 3.27. The predicted molar refractivity (Wildman–Crippen MR) is 86.3 cm³/mol. The fraction of sp³-hybridized carbons (Fsp3) is 0.278. The van der Waals surface area contributed by atoms with Crippen molar-refractivity contribution in [2.75, 3.05) is 6.54 Å². The maximum atomic E-state index is 13.9. The number of hydrogen-bond donors (Lipinski definition) is 0. The Balaban J connectivity index is 1.54. The van der Waals surface area contributed by atoms with Crippen LogP contribution in [0.1, 0.15) is 30.3 Å². The van der Waals surface area contributed by atoms with Gasteiger partial charge in [-0.3, -0.25) is 4.90 Å². The fourth-order valence-corrected chi connectivity index (χ4v) is 3.12. The second-order valence-corrected chi connectivity index (χ2v) is 6.04. The molecule has 25 heavy (non-hydrogen) atoms. The highest BCUT2D eigenvalue weighted by Gasteiger charge is 2.31. The molecule has 0 radical (unpaired) electrons. The molecular formula is C18H16F2N4O. The maximum absolute atomic E-state index is 13.9. The third-order valence-electron chi connectivity index (χ3n) is 4.38. The molecule has 1 fully saturated rings. The molecule has 1 aliphatic rings. The number of aromatic nitrogens is 3. The molecule has 0 spiro atoms. The molecule has 0 bridgehead atoms. The van der Waals surface area contributed by atoms with E-state index >= 15 is 0 Å². The van der Waals surface area contributed by atoms with Gasteiger partial charge in [0, 0.05) is 12.1 Å². The smallest absolute Gasteiger partial charge is 0.244 e. The first-order chi connectivity index (χ1) is 12.2. The molecule has 1 atom stereocenters. The van der Waals surface area contributed by atoms with E-state index in [1.807, 2.05) is 6.07 Å². The van der Waals surface area contributed by atoms with Crippen molar-refractivity contribution in [1.29, 1.82) is 0 Å². The molecule has 3 heterocycles. The van der Waals surface area contributed by atoms with Crippen LogP contribution in [0.25, 0.3) is 11.5 Å². The van der Waals surface area contributed by atoms with Crippen LogP contribution in [-0.4, -0.2) is 26.6 Å². The molecule has 0 unspecified atom stereocenters. The van der Waals surface area contributed by atoms with Gasteiger partial charge in [0.25, 0.3) is 0 Å². The second-order valence-electron chi connectivity index (χ2n) is 6.04. The number of likely N-dealkylation sites (tertiary alicyclic amines) is 1. The van der Waals surface area contributed by atoms with Crippen LogP contribution in [-0.2, 0) is 6.54 Å². The lowest BCUT2D eigenvalue weighted by molar-refractivity contribution is 0.199. The molecule has 2 aromatic heterocycles. The van der Waals surface area contributed by atoms with Crippen LogP contribution in [0.5, 0.6) is 0 Å². The standard InChI is InChI=1S/C18H16F2N4O/c19-13-7-8-15(21-10-13)17-22-18(25-23-17)16-6-3-9-24(16)11-12-4-1-2-5-14(12)20/h1-2,4-5,7-8,10,16H,3,6,9,11H2/t16-/m0/s1. The van der Waals surface area contributed by atoms with Crippen LogP contribution in [0.2, 0.25) is 0 Å². The molecule has 0 saturated carbocycles. The highest BCUT2D eigenvalue weighted by molar-refractivity contribution is 5.47. The lowest BCUT2D eigenvalue weighted by atomic mass is 10.1. The van der Waals surface area contributed by atoms with Crippen molar-refractivity contribution in [1.82, 2.24) is 20.0 Å². The van der Waals surface area contributed by atoms with Gasteiger partial charge >= 0.3 is 0 Å².